The minimum atomic E-state index is -0.488. The van der Waals surface area contributed by atoms with Crippen LogP contribution in [0.15, 0.2) is 36.9 Å². The van der Waals surface area contributed by atoms with E-state index in [0.29, 0.717) is 0 Å². The summed E-state index contributed by atoms with van der Waals surface area (Å²) in [5.41, 5.74) is 1.39. The Labute approximate surface area is 109 Å². The first-order valence-corrected chi connectivity index (χ1v) is 6.03. The lowest BCUT2D eigenvalue weighted by Gasteiger charge is -2.23. The molecule has 1 atom stereocenters. The summed E-state index contributed by atoms with van der Waals surface area (Å²) in [4.78, 5) is 11.6. The first kappa shape index (κ1) is 14.3. The van der Waals surface area contributed by atoms with Crippen molar-refractivity contribution in [3.8, 4) is 0 Å². The van der Waals surface area contributed by atoms with Crippen molar-refractivity contribution < 1.29 is 9.53 Å². The van der Waals surface area contributed by atoms with Gasteiger partial charge in [-0.25, -0.2) is 4.79 Å². The molecule has 1 rings (SSSR count). The highest BCUT2D eigenvalue weighted by molar-refractivity contribution is 5.74. The Bertz CT molecular complexity index is 418. The van der Waals surface area contributed by atoms with E-state index in [1.807, 2.05) is 58.0 Å². The van der Waals surface area contributed by atoms with E-state index < -0.39 is 11.7 Å². The van der Waals surface area contributed by atoms with Crippen LogP contribution in [0.2, 0.25) is 0 Å². The molecule has 0 radical (unpaired) electrons. The molecule has 1 amide bonds. The van der Waals surface area contributed by atoms with Gasteiger partial charge in [0.1, 0.15) is 5.60 Å². The number of carbonyl (C=O) groups is 1. The van der Waals surface area contributed by atoms with Crippen molar-refractivity contribution in [2.24, 2.45) is 0 Å². The van der Waals surface area contributed by atoms with Crippen molar-refractivity contribution in [3.05, 3.63) is 42.5 Å². The van der Waals surface area contributed by atoms with Crippen LogP contribution in [-0.4, -0.2) is 17.7 Å². The Morgan fingerprint density at radius 2 is 1.83 bits per heavy atom. The highest BCUT2D eigenvalue weighted by atomic mass is 16.6. The van der Waals surface area contributed by atoms with Crippen LogP contribution < -0.4 is 5.32 Å². The summed E-state index contributed by atoms with van der Waals surface area (Å²) >= 11 is 0. The molecule has 18 heavy (non-hydrogen) atoms. The van der Waals surface area contributed by atoms with Gasteiger partial charge in [0.15, 0.2) is 0 Å². The molecule has 0 bridgehead atoms. The van der Waals surface area contributed by atoms with E-state index in [-0.39, 0.29) is 6.04 Å². The van der Waals surface area contributed by atoms with Crippen molar-refractivity contribution in [1.29, 1.82) is 0 Å². The zero-order chi connectivity index (χ0) is 13.8. The van der Waals surface area contributed by atoms with Crippen LogP contribution in [-0.2, 0) is 4.74 Å². The van der Waals surface area contributed by atoms with E-state index in [2.05, 4.69) is 11.9 Å². The van der Waals surface area contributed by atoms with Crippen LogP contribution in [0.3, 0.4) is 0 Å². The molecule has 0 unspecified atom stereocenters. The molecule has 0 aliphatic carbocycles. The summed E-state index contributed by atoms with van der Waals surface area (Å²) in [5, 5.41) is 2.77. The molecule has 0 saturated heterocycles. The molecule has 0 fully saturated rings. The van der Waals surface area contributed by atoms with Gasteiger partial charge in [-0.3, -0.25) is 0 Å². The lowest BCUT2D eigenvalue weighted by atomic mass is 10.0. The molecule has 0 aliphatic heterocycles. The predicted octanol–water partition coefficient (Wildman–Crippen LogP) is 3.61. The van der Waals surface area contributed by atoms with Crippen LogP contribution in [0, 0.1) is 0 Å². The summed E-state index contributed by atoms with van der Waals surface area (Å²) in [5.74, 6) is 0. The molecule has 1 aromatic carbocycles. The van der Waals surface area contributed by atoms with Crippen molar-refractivity contribution in [3.63, 3.8) is 0 Å². The van der Waals surface area contributed by atoms with Crippen LogP contribution in [0.5, 0.6) is 0 Å². The van der Waals surface area contributed by atoms with Crippen LogP contribution in [0.25, 0.3) is 5.57 Å². The van der Waals surface area contributed by atoms with Crippen LogP contribution in [0.1, 0.15) is 33.3 Å². The van der Waals surface area contributed by atoms with Gasteiger partial charge in [0.2, 0.25) is 0 Å². The first-order valence-electron chi connectivity index (χ1n) is 6.03. The number of amides is 1. The molecular weight excluding hydrogens is 226 g/mol. The van der Waals surface area contributed by atoms with Gasteiger partial charge in [-0.05, 0) is 38.8 Å². The molecule has 3 nitrogen and oxygen atoms in total. The number of ether oxygens (including phenoxy) is 1. The Balaban J connectivity index is 2.59. The second kappa shape index (κ2) is 5.71. The Kier molecular flexibility index (Phi) is 4.54. The van der Waals surface area contributed by atoms with E-state index in [1.54, 1.807) is 0 Å². The summed E-state index contributed by atoms with van der Waals surface area (Å²) in [6.07, 6.45) is -0.424. The second-order valence-electron chi connectivity index (χ2n) is 5.26. The van der Waals surface area contributed by atoms with Gasteiger partial charge in [0, 0.05) is 0 Å². The third-order valence-electron chi connectivity index (χ3n) is 2.40. The SMILES string of the molecule is C=C(c1ccccc1)[C@@H](C)NC(=O)OC(C)(C)C. The minimum Gasteiger partial charge on any atom is -0.444 e. The van der Waals surface area contributed by atoms with E-state index in [9.17, 15) is 4.79 Å². The third-order valence-corrected chi connectivity index (χ3v) is 2.40. The Morgan fingerprint density at radius 1 is 1.28 bits per heavy atom. The van der Waals surface area contributed by atoms with Crippen LogP contribution in [0.4, 0.5) is 4.79 Å². The molecule has 3 heteroatoms. The van der Waals surface area contributed by atoms with Crippen LogP contribution >= 0.6 is 0 Å². The van der Waals surface area contributed by atoms with Gasteiger partial charge in [-0.2, -0.15) is 0 Å². The van der Waals surface area contributed by atoms with E-state index >= 15 is 0 Å². The zero-order valence-corrected chi connectivity index (χ0v) is 11.5. The van der Waals surface area contributed by atoms with Gasteiger partial charge < -0.3 is 10.1 Å². The number of alkyl carbamates (subject to hydrolysis) is 1. The lowest BCUT2D eigenvalue weighted by molar-refractivity contribution is 0.0519. The summed E-state index contributed by atoms with van der Waals surface area (Å²) in [6.45, 7) is 11.4. The molecule has 98 valence electrons. The topological polar surface area (TPSA) is 38.3 Å². The number of rotatable bonds is 3. The molecular formula is C15H21NO2. The number of benzene rings is 1. The molecule has 0 heterocycles. The second-order valence-corrected chi connectivity index (χ2v) is 5.26. The molecule has 0 spiro atoms. The largest absolute Gasteiger partial charge is 0.444 e. The number of carbonyl (C=O) groups excluding carboxylic acids is 1. The smallest absolute Gasteiger partial charge is 0.408 e. The molecule has 1 N–H and O–H groups in total. The lowest BCUT2D eigenvalue weighted by Crippen LogP contribution is -2.38. The maximum atomic E-state index is 11.6. The fourth-order valence-electron chi connectivity index (χ4n) is 1.47. The van der Waals surface area contributed by atoms with Gasteiger partial charge in [-0.15, -0.1) is 0 Å². The highest BCUT2D eigenvalue weighted by Gasteiger charge is 2.18. The normalized spacial score (nSPS) is 12.7. The van der Waals surface area contributed by atoms with E-state index in [1.165, 1.54) is 0 Å². The zero-order valence-electron chi connectivity index (χ0n) is 11.5. The van der Waals surface area contributed by atoms with Gasteiger partial charge in [0.25, 0.3) is 0 Å². The van der Waals surface area contributed by atoms with E-state index in [0.717, 1.165) is 11.1 Å². The van der Waals surface area contributed by atoms with Crippen molar-refractivity contribution in [1.82, 2.24) is 5.32 Å². The summed E-state index contributed by atoms with van der Waals surface area (Å²) in [6, 6.07) is 9.61. The van der Waals surface area contributed by atoms with Crippen molar-refractivity contribution in [2.45, 2.75) is 39.3 Å². The average Bonchev–Trinajstić information content (AvgIpc) is 2.26. The number of hydrogen-bond donors (Lipinski definition) is 1. The standard InChI is InChI=1S/C15H21NO2/c1-11(13-9-7-6-8-10-13)12(2)16-14(17)18-15(3,4)5/h6-10,12H,1H2,2-5H3,(H,16,17)/t12-/m1/s1. The number of nitrogens with one attached hydrogen (secondary N) is 1. The molecule has 0 aromatic heterocycles. The third kappa shape index (κ3) is 4.62. The predicted molar refractivity (Wildman–Crippen MR) is 74.3 cm³/mol. The average molecular weight is 247 g/mol. The maximum Gasteiger partial charge on any atom is 0.408 e. The maximum absolute atomic E-state index is 11.6. The molecule has 0 aliphatic rings. The first-order chi connectivity index (χ1) is 8.29. The van der Waals surface area contributed by atoms with Crippen molar-refractivity contribution in [2.75, 3.05) is 0 Å². The Hall–Kier alpha value is -1.77. The molecule has 1 aromatic rings. The quantitative estimate of drug-likeness (QED) is 0.886. The number of hydrogen-bond acceptors (Lipinski definition) is 2. The highest BCUT2D eigenvalue weighted by Crippen LogP contribution is 2.16. The summed E-state index contributed by atoms with van der Waals surface area (Å²) in [7, 11) is 0. The summed E-state index contributed by atoms with van der Waals surface area (Å²) < 4.78 is 5.20. The fourth-order valence-corrected chi connectivity index (χ4v) is 1.47. The molecule has 0 saturated carbocycles. The van der Waals surface area contributed by atoms with Gasteiger partial charge >= 0.3 is 6.09 Å². The van der Waals surface area contributed by atoms with Gasteiger partial charge in [-0.1, -0.05) is 36.9 Å². The van der Waals surface area contributed by atoms with E-state index in [4.69, 9.17) is 4.74 Å². The van der Waals surface area contributed by atoms with Crippen molar-refractivity contribution >= 4 is 11.7 Å². The fraction of sp³-hybridized carbons (Fsp3) is 0.400. The Morgan fingerprint density at radius 3 is 2.33 bits per heavy atom. The van der Waals surface area contributed by atoms with Gasteiger partial charge in [0.05, 0.1) is 6.04 Å². The minimum absolute atomic E-state index is 0.165. The monoisotopic (exact) mass is 247 g/mol.